The second-order valence-corrected chi connectivity index (χ2v) is 5.63. The summed E-state index contributed by atoms with van der Waals surface area (Å²) in [6.07, 6.45) is 16.4. The summed E-state index contributed by atoms with van der Waals surface area (Å²) in [5.41, 5.74) is 1.35. The highest BCUT2D eigenvalue weighted by molar-refractivity contribution is 5.09. The van der Waals surface area contributed by atoms with E-state index in [9.17, 15) is 5.11 Å². The van der Waals surface area contributed by atoms with Crippen LogP contribution in [0.5, 0.6) is 0 Å². The molecule has 2 aliphatic rings. The van der Waals surface area contributed by atoms with Crippen molar-refractivity contribution in [2.24, 2.45) is 5.92 Å². The van der Waals surface area contributed by atoms with Crippen LogP contribution < -0.4 is 0 Å². The van der Waals surface area contributed by atoms with Crippen LogP contribution in [0.1, 0.15) is 70.6 Å². The van der Waals surface area contributed by atoms with Crippen molar-refractivity contribution in [2.45, 2.75) is 76.7 Å². The Bertz CT molecular complexity index is 226. The Morgan fingerprint density at radius 2 is 1.81 bits per heavy atom. The molecule has 1 atom stereocenters. The van der Waals surface area contributed by atoms with Gasteiger partial charge in [-0.2, -0.15) is 0 Å². The monoisotopic (exact) mass is 222 g/mol. The maximum Gasteiger partial charge on any atom is 0.0752 e. The van der Waals surface area contributed by atoms with Crippen molar-refractivity contribution >= 4 is 0 Å². The van der Waals surface area contributed by atoms with E-state index in [1.807, 2.05) is 0 Å². The van der Waals surface area contributed by atoms with Gasteiger partial charge in [0.05, 0.1) is 6.10 Å². The lowest BCUT2D eigenvalue weighted by Gasteiger charge is -2.20. The van der Waals surface area contributed by atoms with Gasteiger partial charge in [-0.15, -0.1) is 0 Å². The van der Waals surface area contributed by atoms with Crippen LogP contribution in [0.15, 0.2) is 11.6 Å². The zero-order valence-corrected chi connectivity index (χ0v) is 10.5. The molecule has 0 radical (unpaired) electrons. The maximum absolute atomic E-state index is 10.3. The maximum atomic E-state index is 10.3. The number of hydrogen-bond acceptors (Lipinski definition) is 1. The van der Waals surface area contributed by atoms with Crippen molar-refractivity contribution in [3.05, 3.63) is 11.6 Å². The third-order valence-electron chi connectivity index (χ3n) is 4.29. The van der Waals surface area contributed by atoms with E-state index in [4.69, 9.17) is 0 Å². The molecule has 2 rings (SSSR count). The van der Waals surface area contributed by atoms with Gasteiger partial charge in [0, 0.05) is 0 Å². The lowest BCUT2D eigenvalue weighted by Crippen LogP contribution is -2.15. The molecule has 1 N–H and O–H groups in total. The Kier molecular flexibility index (Phi) is 4.90. The molecule has 1 unspecified atom stereocenters. The van der Waals surface area contributed by atoms with Crippen LogP contribution in [0.2, 0.25) is 0 Å². The summed E-state index contributed by atoms with van der Waals surface area (Å²) in [7, 11) is 0. The minimum Gasteiger partial charge on any atom is -0.389 e. The first-order valence-electron chi connectivity index (χ1n) is 7.23. The Hall–Kier alpha value is -0.300. The highest BCUT2D eigenvalue weighted by Gasteiger charge is 2.21. The van der Waals surface area contributed by atoms with E-state index in [2.05, 4.69) is 6.08 Å². The molecule has 1 heteroatoms. The summed E-state index contributed by atoms with van der Waals surface area (Å²) in [4.78, 5) is 0. The molecule has 0 bridgehead atoms. The van der Waals surface area contributed by atoms with Crippen LogP contribution in [-0.4, -0.2) is 11.2 Å². The van der Waals surface area contributed by atoms with Crippen molar-refractivity contribution < 1.29 is 5.11 Å². The molecule has 0 amide bonds. The molecule has 1 nitrogen and oxygen atoms in total. The van der Waals surface area contributed by atoms with Gasteiger partial charge in [0.1, 0.15) is 0 Å². The van der Waals surface area contributed by atoms with E-state index in [0.29, 0.717) is 0 Å². The van der Waals surface area contributed by atoms with Crippen LogP contribution in [0, 0.1) is 5.92 Å². The molecule has 1 fully saturated rings. The Morgan fingerprint density at radius 3 is 2.62 bits per heavy atom. The third kappa shape index (κ3) is 3.62. The zero-order valence-electron chi connectivity index (χ0n) is 10.5. The van der Waals surface area contributed by atoms with E-state index in [-0.39, 0.29) is 6.10 Å². The van der Waals surface area contributed by atoms with E-state index in [1.54, 1.807) is 0 Å². The number of hydrogen-bond donors (Lipinski definition) is 1. The molecular formula is C15H26O. The molecule has 2 aliphatic carbocycles. The van der Waals surface area contributed by atoms with Crippen LogP contribution in [0.25, 0.3) is 0 Å². The topological polar surface area (TPSA) is 20.2 Å². The van der Waals surface area contributed by atoms with E-state index < -0.39 is 0 Å². The molecule has 0 heterocycles. The number of allylic oxidation sites excluding steroid dienone is 1. The summed E-state index contributed by atoms with van der Waals surface area (Å²) >= 11 is 0. The van der Waals surface area contributed by atoms with Gasteiger partial charge in [0.15, 0.2) is 0 Å². The van der Waals surface area contributed by atoms with Gasteiger partial charge in [-0.3, -0.25) is 0 Å². The van der Waals surface area contributed by atoms with Crippen molar-refractivity contribution in [1.29, 1.82) is 0 Å². The number of aliphatic hydroxyl groups is 1. The third-order valence-corrected chi connectivity index (χ3v) is 4.29. The largest absolute Gasteiger partial charge is 0.389 e. The Morgan fingerprint density at radius 1 is 1.06 bits per heavy atom. The zero-order chi connectivity index (χ0) is 11.2. The normalized spacial score (nSPS) is 25.9. The van der Waals surface area contributed by atoms with Gasteiger partial charge < -0.3 is 5.11 Å². The first-order chi connectivity index (χ1) is 7.86. The lowest BCUT2D eigenvalue weighted by atomic mass is 9.90. The van der Waals surface area contributed by atoms with Crippen molar-refractivity contribution in [1.82, 2.24) is 0 Å². The molecule has 1 saturated carbocycles. The number of rotatable bonds is 3. The first-order valence-corrected chi connectivity index (χ1v) is 7.23. The van der Waals surface area contributed by atoms with E-state index >= 15 is 0 Å². The van der Waals surface area contributed by atoms with Crippen LogP contribution >= 0.6 is 0 Å². The molecular weight excluding hydrogens is 196 g/mol. The minimum absolute atomic E-state index is 0.124. The first kappa shape index (κ1) is 12.2. The van der Waals surface area contributed by atoms with Crippen molar-refractivity contribution in [3.8, 4) is 0 Å². The van der Waals surface area contributed by atoms with Gasteiger partial charge in [-0.1, -0.05) is 44.6 Å². The summed E-state index contributed by atoms with van der Waals surface area (Å²) in [5.74, 6) is 0.807. The lowest BCUT2D eigenvalue weighted by molar-refractivity contribution is 0.171. The molecule has 0 aromatic heterocycles. The summed E-state index contributed by atoms with van der Waals surface area (Å²) in [5, 5.41) is 10.3. The second-order valence-electron chi connectivity index (χ2n) is 5.63. The fraction of sp³-hybridized carbons (Fsp3) is 0.867. The predicted octanol–water partition coefficient (Wildman–Crippen LogP) is 4.21. The molecule has 0 aliphatic heterocycles. The van der Waals surface area contributed by atoms with Gasteiger partial charge in [-0.25, -0.2) is 0 Å². The van der Waals surface area contributed by atoms with Crippen LogP contribution in [0.3, 0.4) is 0 Å². The second kappa shape index (κ2) is 6.44. The summed E-state index contributed by atoms with van der Waals surface area (Å²) in [6.45, 7) is 0. The van der Waals surface area contributed by atoms with Crippen molar-refractivity contribution in [3.63, 3.8) is 0 Å². The van der Waals surface area contributed by atoms with Gasteiger partial charge in [0.25, 0.3) is 0 Å². The Balaban J connectivity index is 1.83. The molecule has 0 spiro atoms. The highest BCUT2D eigenvalue weighted by Crippen LogP contribution is 2.31. The van der Waals surface area contributed by atoms with Crippen molar-refractivity contribution in [2.75, 3.05) is 0 Å². The number of aliphatic hydroxyl groups excluding tert-OH is 1. The Labute approximate surface area is 99.9 Å². The molecule has 0 saturated heterocycles. The average Bonchev–Trinajstić information content (AvgIpc) is 2.69. The summed E-state index contributed by atoms with van der Waals surface area (Å²) in [6, 6.07) is 0. The van der Waals surface area contributed by atoms with E-state index in [0.717, 1.165) is 18.8 Å². The van der Waals surface area contributed by atoms with Crippen LogP contribution in [0.4, 0.5) is 0 Å². The SMILES string of the molecule is OC(CC1CCCC1)C1=CCCCCCC1. The quantitative estimate of drug-likeness (QED) is 0.709. The fourth-order valence-corrected chi connectivity index (χ4v) is 3.23. The van der Waals surface area contributed by atoms with Gasteiger partial charge in [0.2, 0.25) is 0 Å². The van der Waals surface area contributed by atoms with E-state index in [1.165, 1.54) is 63.4 Å². The fourth-order valence-electron chi connectivity index (χ4n) is 3.23. The van der Waals surface area contributed by atoms with Crippen LogP contribution in [-0.2, 0) is 0 Å². The van der Waals surface area contributed by atoms with Gasteiger partial charge in [-0.05, 0) is 43.6 Å². The highest BCUT2D eigenvalue weighted by atomic mass is 16.3. The average molecular weight is 222 g/mol. The summed E-state index contributed by atoms with van der Waals surface area (Å²) < 4.78 is 0. The van der Waals surface area contributed by atoms with Gasteiger partial charge >= 0.3 is 0 Å². The standard InChI is InChI=1S/C15H26O/c16-15(12-13-8-6-7-9-13)14-10-4-2-1-3-5-11-14/h10,13,15-16H,1-9,11-12H2. The molecule has 0 aromatic rings. The minimum atomic E-state index is -0.124. The molecule has 92 valence electrons. The smallest absolute Gasteiger partial charge is 0.0752 e. The molecule has 0 aromatic carbocycles. The predicted molar refractivity (Wildman–Crippen MR) is 68.4 cm³/mol. The molecule has 16 heavy (non-hydrogen) atoms.